The summed E-state index contributed by atoms with van der Waals surface area (Å²) < 4.78 is 5.16. The van der Waals surface area contributed by atoms with Crippen LogP contribution in [0.3, 0.4) is 0 Å². The molecule has 0 aliphatic carbocycles. The smallest absolute Gasteiger partial charge is 0.341 e. The summed E-state index contributed by atoms with van der Waals surface area (Å²) in [6.45, 7) is -0.446. The number of ether oxygens (including phenoxy) is 1. The van der Waals surface area contributed by atoms with Crippen molar-refractivity contribution < 1.29 is 14.6 Å². The first-order chi connectivity index (χ1) is 11.0. The van der Waals surface area contributed by atoms with Gasteiger partial charge in [0.15, 0.2) is 12.4 Å². The van der Waals surface area contributed by atoms with Crippen LogP contribution in [0, 0.1) is 0 Å². The van der Waals surface area contributed by atoms with Gasteiger partial charge in [-0.3, -0.25) is 5.43 Å². The monoisotopic (exact) mass is 373 g/mol. The first-order valence-corrected chi connectivity index (χ1v) is 7.35. The van der Waals surface area contributed by atoms with Crippen molar-refractivity contribution in [2.75, 3.05) is 12.0 Å². The zero-order valence-electron chi connectivity index (χ0n) is 11.5. The number of halogens is 3. The van der Waals surface area contributed by atoms with Crippen molar-refractivity contribution in [3.63, 3.8) is 0 Å². The van der Waals surface area contributed by atoms with Crippen LogP contribution in [0.1, 0.15) is 5.56 Å². The molecule has 0 saturated heterocycles. The summed E-state index contributed by atoms with van der Waals surface area (Å²) >= 11 is 17.6. The molecule has 0 saturated carbocycles. The maximum absolute atomic E-state index is 10.6. The summed E-state index contributed by atoms with van der Waals surface area (Å²) in [5, 5.41) is 13.2. The Labute approximate surface area is 146 Å². The normalized spacial score (nSPS) is 10.7. The maximum atomic E-state index is 10.6. The standard InChI is InChI=1S/C14H10Cl3N3O3/c15-9-5-10(16)14(19-13(9)17)20-18-6-8-3-1-2-4-11(8)23-7-12(21)22/h1-6H,7H2,(H,19,20)(H,21,22)/b18-6-. The molecule has 1 aromatic heterocycles. The Bertz CT molecular complexity index is 753. The minimum Gasteiger partial charge on any atom is -0.481 e. The van der Waals surface area contributed by atoms with E-state index in [1.54, 1.807) is 24.3 Å². The summed E-state index contributed by atoms with van der Waals surface area (Å²) in [4.78, 5) is 14.5. The first-order valence-electron chi connectivity index (χ1n) is 6.21. The van der Waals surface area contributed by atoms with Gasteiger partial charge in [-0.05, 0) is 18.2 Å². The van der Waals surface area contributed by atoms with Gasteiger partial charge in [0.05, 0.1) is 16.3 Å². The van der Waals surface area contributed by atoms with E-state index in [0.717, 1.165) is 0 Å². The van der Waals surface area contributed by atoms with Gasteiger partial charge in [-0.15, -0.1) is 0 Å². The summed E-state index contributed by atoms with van der Waals surface area (Å²) in [5.74, 6) is -0.448. The summed E-state index contributed by atoms with van der Waals surface area (Å²) in [6, 6.07) is 8.28. The molecule has 6 nitrogen and oxygen atoms in total. The van der Waals surface area contributed by atoms with Crippen LogP contribution in [-0.4, -0.2) is 28.9 Å². The van der Waals surface area contributed by atoms with Crippen molar-refractivity contribution in [1.82, 2.24) is 4.98 Å². The second-order valence-electron chi connectivity index (χ2n) is 4.18. The van der Waals surface area contributed by atoms with Gasteiger partial charge in [0.2, 0.25) is 0 Å². The zero-order chi connectivity index (χ0) is 16.8. The van der Waals surface area contributed by atoms with Crippen LogP contribution in [0.25, 0.3) is 0 Å². The molecular weight excluding hydrogens is 365 g/mol. The molecule has 0 spiro atoms. The molecule has 2 N–H and O–H groups in total. The Morgan fingerprint density at radius 2 is 2.04 bits per heavy atom. The van der Waals surface area contributed by atoms with E-state index in [1.807, 2.05) is 0 Å². The quantitative estimate of drug-likeness (QED) is 0.454. The second kappa shape index (κ2) is 8.01. The van der Waals surface area contributed by atoms with Crippen LogP contribution in [0.15, 0.2) is 35.4 Å². The van der Waals surface area contributed by atoms with Gasteiger partial charge in [-0.25, -0.2) is 9.78 Å². The van der Waals surface area contributed by atoms with Crippen molar-refractivity contribution in [1.29, 1.82) is 0 Å². The third-order valence-corrected chi connectivity index (χ3v) is 3.49. The van der Waals surface area contributed by atoms with E-state index in [-0.39, 0.29) is 21.0 Å². The summed E-state index contributed by atoms with van der Waals surface area (Å²) in [5.41, 5.74) is 3.21. The number of benzene rings is 1. The number of anilines is 1. The molecule has 0 bridgehead atoms. The van der Waals surface area contributed by atoms with Crippen LogP contribution in [0.5, 0.6) is 5.75 Å². The lowest BCUT2D eigenvalue weighted by Gasteiger charge is -2.07. The van der Waals surface area contributed by atoms with Gasteiger partial charge in [0, 0.05) is 5.56 Å². The Kier molecular flexibility index (Phi) is 6.04. The van der Waals surface area contributed by atoms with Crippen molar-refractivity contribution in [3.8, 4) is 5.75 Å². The molecule has 0 unspecified atom stereocenters. The lowest BCUT2D eigenvalue weighted by Crippen LogP contribution is -2.10. The number of hydrogen-bond donors (Lipinski definition) is 2. The Balaban J connectivity index is 2.12. The maximum Gasteiger partial charge on any atom is 0.341 e. The largest absolute Gasteiger partial charge is 0.481 e. The number of hydrogen-bond acceptors (Lipinski definition) is 5. The van der Waals surface area contributed by atoms with Crippen molar-refractivity contribution >= 4 is 52.8 Å². The average Bonchev–Trinajstić information content (AvgIpc) is 2.51. The molecule has 2 aromatic rings. The molecule has 0 amide bonds. The predicted molar refractivity (Wildman–Crippen MR) is 90.1 cm³/mol. The molecule has 120 valence electrons. The topological polar surface area (TPSA) is 83.8 Å². The van der Waals surface area contributed by atoms with Gasteiger partial charge in [-0.2, -0.15) is 5.10 Å². The second-order valence-corrected chi connectivity index (χ2v) is 5.35. The third-order valence-electron chi connectivity index (χ3n) is 2.53. The van der Waals surface area contributed by atoms with E-state index in [2.05, 4.69) is 15.5 Å². The molecule has 0 aliphatic heterocycles. The molecule has 23 heavy (non-hydrogen) atoms. The summed E-state index contributed by atoms with van der Waals surface area (Å²) in [6.07, 6.45) is 1.44. The number of nitrogens with zero attached hydrogens (tertiary/aromatic N) is 2. The van der Waals surface area contributed by atoms with Crippen LogP contribution in [0.2, 0.25) is 15.2 Å². The number of para-hydroxylation sites is 1. The van der Waals surface area contributed by atoms with Gasteiger partial charge in [0.1, 0.15) is 10.9 Å². The SMILES string of the molecule is O=C(O)COc1ccccc1/C=N\Nc1nc(Cl)c(Cl)cc1Cl. The molecule has 0 atom stereocenters. The van der Waals surface area contributed by atoms with E-state index >= 15 is 0 Å². The van der Waals surface area contributed by atoms with E-state index in [1.165, 1.54) is 12.3 Å². The number of carboxylic acid groups (broad SMARTS) is 1. The number of rotatable bonds is 6. The van der Waals surface area contributed by atoms with E-state index < -0.39 is 12.6 Å². The first kappa shape index (κ1) is 17.3. The van der Waals surface area contributed by atoms with Gasteiger partial charge >= 0.3 is 5.97 Å². The van der Waals surface area contributed by atoms with Crippen molar-refractivity contribution in [3.05, 3.63) is 51.1 Å². The highest BCUT2D eigenvalue weighted by Crippen LogP contribution is 2.28. The Hall–Kier alpha value is -2.02. The number of carbonyl (C=O) groups is 1. The molecule has 1 heterocycles. The number of aromatic nitrogens is 1. The van der Waals surface area contributed by atoms with Crippen molar-refractivity contribution in [2.24, 2.45) is 5.10 Å². The van der Waals surface area contributed by atoms with Gasteiger partial charge in [-0.1, -0.05) is 46.9 Å². The fourth-order valence-corrected chi connectivity index (χ4v) is 2.08. The number of aliphatic carboxylic acids is 1. The van der Waals surface area contributed by atoms with Crippen LogP contribution >= 0.6 is 34.8 Å². The number of carboxylic acids is 1. The molecule has 0 fully saturated rings. The van der Waals surface area contributed by atoms with Crippen LogP contribution in [-0.2, 0) is 4.79 Å². The summed E-state index contributed by atoms with van der Waals surface area (Å²) in [7, 11) is 0. The van der Waals surface area contributed by atoms with Crippen LogP contribution < -0.4 is 10.2 Å². The minimum absolute atomic E-state index is 0.0963. The van der Waals surface area contributed by atoms with E-state index in [9.17, 15) is 4.79 Å². The average molecular weight is 375 g/mol. The number of hydrazone groups is 1. The number of nitrogens with one attached hydrogen (secondary N) is 1. The number of pyridine rings is 1. The molecule has 0 aliphatic rings. The molecule has 2 rings (SSSR count). The Morgan fingerprint density at radius 3 is 2.78 bits per heavy atom. The molecular formula is C14H10Cl3N3O3. The van der Waals surface area contributed by atoms with Gasteiger partial charge in [0.25, 0.3) is 0 Å². The van der Waals surface area contributed by atoms with Crippen molar-refractivity contribution in [2.45, 2.75) is 0 Å². The molecule has 0 radical (unpaired) electrons. The third kappa shape index (κ3) is 4.99. The van der Waals surface area contributed by atoms with Crippen LogP contribution in [0.4, 0.5) is 5.82 Å². The predicted octanol–water partition coefficient (Wildman–Crippen LogP) is 3.95. The fourth-order valence-electron chi connectivity index (χ4n) is 1.54. The minimum atomic E-state index is -1.07. The highest BCUT2D eigenvalue weighted by Gasteiger charge is 2.07. The van der Waals surface area contributed by atoms with E-state index in [4.69, 9.17) is 44.6 Å². The Morgan fingerprint density at radius 1 is 1.30 bits per heavy atom. The fraction of sp³-hybridized carbons (Fsp3) is 0.0714. The molecule has 9 heteroatoms. The zero-order valence-corrected chi connectivity index (χ0v) is 13.7. The highest BCUT2D eigenvalue weighted by atomic mass is 35.5. The lowest BCUT2D eigenvalue weighted by atomic mass is 10.2. The highest BCUT2D eigenvalue weighted by molar-refractivity contribution is 6.42. The lowest BCUT2D eigenvalue weighted by molar-refractivity contribution is -0.139. The molecule has 1 aromatic carbocycles. The van der Waals surface area contributed by atoms with Gasteiger partial charge < -0.3 is 9.84 Å². The van der Waals surface area contributed by atoms with E-state index in [0.29, 0.717) is 11.3 Å².